The first-order valence-electron chi connectivity index (χ1n) is 8.74. The molecule has 0 heterocycles. The van der Waals surface area contributed by atoms with Gasteiger partial charge < -0.3 is 0 Å². The Balaban J connectivity index is 1.55. The normalized spacial score (nSPS) is 47.0. The second-order valence-corrected chi connectivity index (χ2v) is 8.06. The standard InChI is InChI=1S/C18H27N/c19-11-17(14-4-2-1-3-5-14)18-15-7-12-6-13(9-15)10-16(18)8-12/h12-18H,1-10H2. The van der Waals surface area contributed by atoms with Crippen molar-refractivity contribution in [2.75, 3.05) is 0 Å². The summed E-state index contributed by atoms with van der Waals surface area (Å²) in [5, 5.41) is 9.81. The Morgan fingerprint density at radius 3 is 1.89 bits per heavy atom. The van der Waals surface area contributed by atoms with Gasteiger partial charge in [-0.15, -0.1) is 0 Å². The minimum atomic E-state index is 0.412. The maximum atomic E-state index is 9.81. The van der Waals surface area contributed by atoms with E-state index in [1.165, 1.54) is 64.2 Å². The van der Waals surface area contributed by atoms with Crippen molar-refractivity contribution >= 4 is 0 Å². The van der Waals surface area contributed by atoms with Crippen LogP contribution in [0.25, 0.3) is 0 Å². The van der Waals surface area contributed by atoms with Crippen LogP contribution in [0.4, 0.5) is 0 Å². The average Bonchev–Trinajstić information content (AvgIpc) is 2.43. The molecule has 1 unspecified atom stereocenters. The van der Waals surface area contributed by atoms with Crippen LogP contribution >= 0.6 is 0 Å². The van der Waals surface area contributed by atoms with Gasteiger partial charge in [-0.25, -0.2) is 0 Å². The third-order valence-electron chi connectivity index (χ3n) is 7.02. The lowest BCUT2D eigenvalue weighted by Crippen LogP contribution is -2.48. The number of hydrogen-bond donors (Lipinski definition) is 0. The van der Waals surface area contributed by atoms with Crippen molar-refractivity contribution < 1.29 is 0 Å². The van der Waals surface area contributed by atoms with Crippen LogP contribution in [0.1, 0.15) is 64.2 Å². The highest BCUT2D eigenvalue weighted by molar-refractivity contribution is 5.05. The molecule has 19 heavy (non-hydrogen) atoms. The highest BCUT2D eigenvalue weighted by Gasteiger charge is 2.51. The van der Waals surface area contributed by atoms with Crippen molar-refractivity contribution in [1.82, 2.24) is 0 Å². The molecule has 5 aliphatic carbocycles. The van der Waals surface area contributed by atoms with E-state index < -0.39 is 0 Å². The molecule has 0 spiro atoms. The Morgan fingerprint density at radius 1 is 0.789 bits per heavy atom. The van der Waals surface area contributed by atoms with Crippen molar-refractivity contribution in [3.63, 3.8) is 0 Å². The first-order chi connectivity index (χ1) is 9.35. The van der Waals surface area contributed by atoms with Crippen molar-refractivity contribution in [1.29, 1.82) is 5.26 Å². The molecule has 1 nitrogen and oxygen atoms in total. The van der Waals surface area contributed by atoms with Gasteiger partial charge in [0.15, 0.2) is 0 Å². The third-order valence-corrected chi connectivity index (χ3v) is 7.02. The molecular weight excluding hydrogens is 230 g/mol. The monoisotopic (exact) mass is 257 g/mol. The molecule has 0 amide bonds. The summed E-state index contributed by atoms with van der Waals surface area (Å²) in [6, 6.07) is 2.80. The minimum Gasteiger partial charge on any atom is -0.198 e. The molecule has 0 N–H and O–H groups in total. The maximum absolute atomic E-state index is 9.81. The van der Waals surface area contributed by atoms with E-state index >= 15 is 0 Å². The van der Waals surface area contributed by atoms with Crippen LogP contribution in [-0.2, 0) is 0 Å². The fraction of sp³-hybridized carbons (Fsp3) is 0.944. The summed E-state index contributed by atoms with van der Waals surface area (Å²) in [5.41, 5.74) is 0. The van der Waals surface area contributed by atoms with Crippen LogP contribution in [0.15, 0.2) is 0 Å². The van der Waals surface area contributed by atoms with Gasteiger partial charge in [0.25, 0.3) is 0 Å². The Bertz CT molecular complexity index is 346. The molecule has 104 valence electrons. The summed E-state index contributed by atoms with van der Waals surface area (Å²) < 4.78 is 0. The highest BCUT2D eigenvalue weighted by Crippen LogP contribution is 2.59. The van der Waals surface area contributed by atoms with Crippen LogP contribution in [0.5, 0.6) is 0 Å². The minimum absolute atomic E-state index is 0.412. The van der Waals surface area contributed by atoms with Gasteiger partial charge in [0.2, 0.25) is 0 Å². The molecule has 0 radical (unpaired) electrons. The molecule has 5 aliphatic rings. The largest absolute Gasteiger partial charge is 0.198 e. The summed E-state index contributed by atoms with van der Waals surface area (Å²) in [5.74, 6) is 5.91. The molecule has 0 aromatic carbocycles. The van der Waals surface area contributed by atoms with Crippen LogP contribution in [-0.4, -0.2) is 0 Å². The lowest BCUT2D eigenvalue weighted by molar-refractivity contribution is -0.0637. The summed E-state index contributed by atoms with van der Waals surface area (Å²) in [4.78, 5) is 0. The first kappa shape index (κ1) is 12.2. The van der Waals surface area contributed by atoms with Crippen LogP contribution in [0.3, 0.4) is 0 Å². The number of rotatable bonds is 2. The molecule has 0 aromatic rings. The van der Waals surface area contributed by atoms with E-state index in [9.17, 15) is 5.26 Å². The number of hydrogen-bond acceptors (Lipinski definition) is 1. The molecule has 4 bridgehead atoms. The summed E-state index contributed by atoms with van der Waals surface area (Å²) in [6.07, 6.45) is 14.3. The van der Waals surface area contributed by atoms with E-state index in [1.54, 1.807) is 0 Å². The molecular formula is C18H27N. The van der Waals surface area contributed by atoms with Crippen molar-refractivity contribution in [3.8, 4) is 6.07 Å². The highest BCUT2D eigenvalue weighted by atomic mass is 14.6. The average molecular weight is 257 g/mol. The first-order valence-corrected chi connectivity index (χ1v) is 8.74. The van der Waals surface area contributed by atoms with Gasteiger partial charge in [-0.2, -0.15) is 5.26 Å². The fourth-order valence-corrected chi connectivity index (χ4v) is 6.55. The quantitative estimate of drug-likeness (QED) is 0.698. The lowest BCUT2D eigenvalue weighted by atomic mass is 9.48. The Labute approximate surface area is 117 Å². The van der Waals surface area contributed by atoms with Gasteiger partial charge in [-0.3, -0.25) is 0 Å². The topological polar surface area (TPSA) is 23.8 Å². The summed E-state index contributed by atoms with van der Waals surface area (Å²) in [6.45, 7) is 0. The van der Waals surface area contributed by atoms with Gasteiger partial charge in [-0.1, -0.05) is 19.3 Å². The SMILES string of the molecule is N#CC(C1CCCCC1)C1C2CC3CC(C2)CC1C3. The molecule has 5 saturated carbocycles. The molecule has 0 saturated heterocycles. The zero-order valence-corrected chi connectivity index (χ0v) is 12.1. The summed E-state index contributed by atoms with van der Waals surface area (Å²) >= 11 is 0. The van der Waals surface area contributed by atoms with E-state index in [0.717, 1.165) is 35.5 Å². The molecule has 1 heteroatoms. The van der Waals surface area contributed by atoms with E-state index in [4.69, 9.17) is 0 Å². The van der Waals surface area contributed by atoms with E-state index in [1.807, 2.05) is 0 Å². The van der Waals surface area contributed by atoms with Gasteiger partial charge in [0.05, 0.1) is 12.0 Å². The van der Waals surface area contributed by atoms with Crippen molar-refractivity contribution in [2.24, 2.45) is 41.4 Å². The van der Waals surface area contributed by atoms with E-state index in [-0.39, 0.29) is 0 Å². The summed E-state index contributed by atoms with van der Waals surface area (Å²) in [7, 11) is 0. The smallest absolute Gasteiger partial charge is 0.0661 e. The second kappa shape index (κ2) is 4.80. The Morgan fingerprint density at radius 2 is 1.37 bits per heavy atom. The van der Waals surface area contributed by atoms with Crippen LogP contribution in [0, 0.1) is 52.8 Å². The van der Waals surface area contributed by atoms with Gasteiger partial charge in [-0.05, 0) is 80.5 Å². The predicted molar refractivity (Wildman–Crippen MR) is 76.2 cm³/mol. The van der Waals surface area contributed by atoms with Crippen LogP contribution in [0.2, 0.25) is 0 Å². The van der Waals surface area contributed by atoms with Crippen molar-refractivity contribution in [3.05, 3.63) is 0 Å². The number of nitriles is 1. The number of nitrogens with zero attached hydrogens (tertiary/aromatic N) is 1. The Kier molecular flexibility index (Phi) is 3.09. The molecule has 1 atom stereocenters. The van der Waals surface area contributed by atoms with E-state index in [2.05, 4.69) is 6.07 Å². The van der Waals surface area contributed by atoms with Crippen LogP contribution < -0.4 is 0 Å². The molecule has 0 aromatic heterocycles. The van der Waals surface area contributed by atoms with Crippen molar-refractivity contribution in [2.45, 2.75) is 64.2 Å². The van der Waals surface area contributed by atoms with Gasteiger partial charge >= 0.3 is 0 Å². The van der Waals surface area contributed by atoms with Gasteiger partial charge in [0.1, 0.15) is 0 Å². The predicted octanol–water partition coefficient (Wildman–Crippen LogP) is 4.78. The maximum Gasteiger partial charge on any atom is 0.0661 e. The Hall–Kier alpha value is -0.510. The zero-order valence-electron chi connectivity index (χ0n) is 12.1. The lowest BCUT2D eigenvalue weighted by Gasteiger charge is -2.56. The zero-order chi connectivity index (χ0) is 12.8. The second-order valence-electron chi connectivity index (χ2n) is 8.06. The molecule has 5 rings (SSSR count). The fourth-order valence-electron chi connectivity index (χ4n) is 6.55. The molecule has 5 fully saturated rings. The molecule has 0 aliphatic heterocycles. The van der Waals surface area contributed by atoms with Gasteiger partial charge in [0, 0.05) is 0 Å². The third kappa shape index (κ3) is 2.03. The van der Waals surface area contributed by atoms with E-state index in [0.29, 0.717) is 5.92 Å².